The molecule has 0 fully saturated rings. The van der Waals surface area contributed by atoms with Gasteiger partial charge in [0.05, 0.1) is 10.5 Å². The van der Waals surface area contributed by atoms with Crippen molar-refractivity contribution in [1.29, 1.82) is 0 Å². The van der Waals surface area contributed by atoms with Crippen molar-refractivity contribution in [3.63, 3.8) is 0 Å². The largest absolute Gasteiger partial charge is 0.389 e. The molecule has 0 amide bonds. The molecule has 0 saturated carbocycles. The van der Waals surface area contributed by atoms with Crippen molar-refractivity contribution in [2.75, 3.05) is 11.9 Å². The minimum Gasteiger partial charge on any atom is -0.389 e. The molecule has 0 spiro atoms. The normalized spacial score (nSPS) is 11.6. The summed E-state index contributed by atoms with van der Waals surface area (Å²) in [4.78, 5) is 10.5. The summed E-state index contributed by atoms with van der Waals surface area (Å²) in [6.45, 7) is 7.46. The van der Waals surface area contributed by atoms with Gasteiger partial charge in [0.15, 0.2) is 0 Å². The van der Waals surface area contributed by atoms with Gasteiger partial charge in [-0.15, -0.1) is 0 Å². The van der Waals surface area contributed by atoms with E-state index >= 15 is 0 Å². The van der Waals surface area contributed by atoms with Crippen LogP contribution in [0.3, 0.4) is 0 Å². The molecular formula is C10H18N4O3. The summed E-state index contributed by atoms with van der Waals surface area (Å²) in [6.07, 6.45) is 0. The summed E-state index contributed by atoms with van der Waals surface area (Å²) in [5.74, 6) is 0.345. The van der Waals surface area contributed by atoms with E-state index in [4.69, 9.17) is 0 Å². The summed E-state index contributed by atoms with van der Waals surface area (Å²) in [6, 6.07) is 0. The van der Waals surface area contributed by atoms with E-state index in [0.717, 1.165) is 0 Å². The number of aryl methyl sites for hydroxylation is 2. The lowest BCUT2D eigenvalue weighted by molar-refractivity contribution is -0.384. The van der Waals surface area contributed by atoms with Crippen molar-refractivity contribution in [3.05, 3.63) is 15.8 Å². The first-order valence-corrected chi connectivity index (χ1v) is 5.44. The smallest absolute Gasteiger partial charge is 0.333 e. The van der Waals surface area contributed by atoms with Gasteiger partial charge in [-0.3, -0.25) is 10.1 Å². The Hall–Kier alpha value is -1.63. The number of rotatable bonds is 5. The van der Waals surface area contributed by atoms with Gasteiger partial charge in [0.2, 0.25) is 5.82 Å². The molecule has 96 valence electrons. The molecular weight excluding hydrogens is 224 g/mol. The predicted molar refractivity (Wildman–Crippen MR) is 64.1 cm³/mol. The van der Waals surface area contributed by atoms with Crippen LogP contribution in [0.25, 0.3) is 0 Å². The maximum absolute atomic E-state index is 10.9. The third kappa shape index (κ3) is 3.16. The molecule has 1 aromatic heterocycles. The summed E-state index contributed by atoms with van der Waals surface area (Å²) in [7, 11) is 0. The highest BCUT2D eigenvalue weighted by Gasteiger charge is 2.26. The van der Waals surface area contributed by atoms with Gasteiger partial charge in [0.1, 0.15) is 5.69 Å². The van der Waals surface area contributed by atoms with E-state index in [2.05, 4.69) is 10.4 Å². The van der Waals surface area contributed by atoms with E-state index in [0.29, 0.717) is 18.1 Å². The van der Waals surface area contributed by atoms with Crippen LogP contribution in [-0.2, 0) is 6.54 Å². The van der Waals surface area contributed by atoms with Crippen LogP contribution in [0.1, 0.15) is 26.5 Å². The second kappa shape index (κ2) is 4.70. The maximum Gasteiger partial charge on any atom is 0.333 e. The van der Waals surface area contributed by atoms with Crippen LogP contribution in [0.5, 0.6) is 0 Å². The Balaban J connectivity index is 3.07. The van der Waals surface area contributed by atoms with Crippen LogP contribution in [0.15, 0.2) is 0 Å². The minimum atomic E-state index is -0.940. The van der Waals surface area contributed by atoms with Gasteiger partial charge in [0.25, 0.3) is 0 Å². The molecule has 17 heavy (non-hydrogen) atoms. The van der Waals surface area contributed by atoms with Crippen LogP contribution in [-0.4, -0.2) is 32.0 Å². The summed E-state index contributed by atoms with van der Waals surface area (Å²) >= 11 is 0. The fourth-order valence-corrected chi connectivity index (χ4v) is 1.49. The van der Waals surface area contributed by atoms with Gasteiger partial charge in [0, 0.05) is 13.1 Å². The molecule has 0 radical (unpaired) electrons. The molecule has 0 bridgehead atoms. The monoisotopic (exact) mass is 242 g/mol. The van der Waals surface area contributed by atoms with Gasteiger partial charge in [-0.2, -0.15) is 5.10 Å². The molecule has 2 N–H and O–H groups in total. The zero-order valence-electron chi connectivity index (χ0n) is 10.5. The maximum atomic E-state index is 10.9. The molecule has 1 heterocycles. The lowest BCUT2D eigenvalue weighted by Crippen LogP contribution is -2.30. The summed E-state index contributed by atoms with van der Waals surface area (Å²) in [5.41, 5.74) is -0.601. The first-order chi connectivity index (χ1) is 7.76. The fourth-order valence-electron chi connectivity index (χ4n) is 1.49. The Labute approximate surface area is 99.6 Å². The van der Waals surface area contributed by atoms with Crippen LogP contribution in [0.4, 0.5) is 11.5 Å². The summed E-state index contributed by atoms with van der Waals surface area (Å²) in [5, 5.41) is 27.5. The molecule has 7 heteroatoms. The number of anilines is 1. The van der Waals surface area contributed by atoms with E-state index in [-0.39, 0.29) is 12.2 Å². The number of aliphatic hydroxyl groups is 1. The van der Waals surface area contributed by atoms with Crippen molar-refractivity contribution < 1.29 is 10.0 Å². The van der Waals surface area contributed by atoms with E-state index in [9.17, 15) is 15.2 Å². The minimum absolute atomic E-state index is 0.0314. The second-order valence-corrected chi connectivity index (χ2v) is 4.52. The standard InChI is InChI=1S/C10H18N4O3/c1-5-13-9(11-6-10(3,4)15)8(14(16)17)7(2)12-13/h11,15H,5-6H2,1-4H3. The SMILES string of the molecule is CCn1nc(C)c([N+](=O)[O-])c1NCC(C)(C)O. The highest BCUT2D eigenvalue weighted by atomic mass is 16.6. The van der Waals surface area contributed by atoms with Crippen LogP contribution in [0, 0.1) is 17.0 Å². The van der Waals surface area contributed by atoms with Crippen LogP contribution >= 0.6 is 0 Å². The first kappa shape index (κ1) is 13.4. The van der Waals surface area contributed by atoms with Crippen LogP contribution in [0.2, 0.25) is 0 Å². The second-order valence-electron chi connectivity index (χ2n) is 4.52. The number of nitrogens with one attached hydrogen (secondary N) is 1. The van der Waals surface area contributed by atoms with E-state index in [1.807, 2.05) is 6.92 Å². The van der Waals surface area contributed by atoms with Crippen molar-refractivity contribution in [2.45, 2.75) is 39.8 Å². The molecule has 1 rings (SSSR count). The first-order valence-electron chi connectivity index (χ1n) is 5.44. The van der Waals surface area contributed by atoms with Crippen molar-refractivity contribution in [1.82, 2.24) is 9.78 Å². The predicted octanol–water partition coefficient (Wildman–Crippen LogP) is 1.30. The molecule has 0 saturated heterocycles. The number of hydrogen-bond donors (Lipinski definition) is 2. The Kier molecular flexibility index (Phi) is 3.72. The molecule has 0 aliphatic heterocycles. The van der Waals surface area contributed by atoms with Gasteiger partial charge in [-0.25, -0.2) is 4.68 Å². The number of aromatic nitrogens is 2. The van der Waals surface area contributed by atoms with Crippen molar-refractivity contribution in [3.8, 4) is 0 Å². The molecule has 0 aliphatic carbocycles. The lowest BCUT2D eigenvalue weighted by Gasteiger charge is -2.18. The highest BCUT2D eigenvalue weighted by molar-refractivity contribution is 5.59. The van der Waals surface area contributed by atoms with Crippen LogP contribution < -0.4 is 5.32 Å². The van der Waals surface area contributed by atoms with E-state index in [1.54, 1.807) is 20.8 Å². The Morgan fingerprint density at radius 1 is 1.59 bits per heavy atom. The highest BCUT2D eigenvalue weighted by Crippen LogP contribution is 2.28. The zero-order chi connectivity index (χ0) is 13.2. The number of nitro groups is 1. The molecule has 0 aromatic carbocycles. The van der Waals surface area contributed by atoms with Gasteiger partial charge in [-0.1, -0.05) is 0 Å². The lowest BCUT2D eigenvalue weighted by atomic mass is 10.1. The van der Waals surface area contributed by atoms with Crippen molar-refractivity contribution in [2.24, 2.45) is 0 Å². The molecule has 0 aliphatic rings. The van der Waals surface area contributed by atoms with Gasteiger partial charge in [-0.05, 0) is 27.7 Å². The molecule has 0 atom stereocenters. The van der Waals surface area contributed by atoms with Gasteiger partial charge < -0.3 is 10.4 Å². The van der Waals surface area contributed by atoms with Crippen molar-refractivity contribution >= 4 is 11.5 Å². The molecule has 1 aromatic rings. The Morgan fingerprint density at radius 3 is 2.59 bits per heavy atom. The number of hydrogen-bond acceptors (Lipinski definition) is 5. The topological polar surface area (TPSA) is 93.2 Å². The number of nitrogens with zero attached hydrogens (tertiary/aromatic N) is 3. The Morgan fingerprint density at radius 2 is 2.18 bits per heavy atom. The third-order valence-electron chi connectivity index (χ3n) is 2.27. The van der Waals surface area contributed by atoms with Gasteiger partial charge >= 0.3 is 5.69 Å². The van der Waals surface area contributed by atoms with E-state index < -0.39 is 10.5 Å². The van der Waals surface area contributed by atoms with E-state index in [1.165, 1.54) is 4.68 Å². The Bertz CT molecular complexity index is 420. The summed E-state index contributed by atoms with van der Waals surface area (Å²) < 4.78 is 1.53. The fraction of sp³-hybridized carbons (Fsp3) is 0.700. The average molecular weight is 242 g/mol. The molecule has 0 unspecified atom stereocenters. The molecule has 7 nitrogen and oxygen atoms in total. The third-order valence-corrected chi connectivity index (χ3v) is 2.27. The quantitative estimate of drug-likeness (QED) is 0.599. The zero-order valence-corrected chi connectivity index (χ0v) is 10.5. The average Bonchev–Trinajstić information content (AvgIpc) is 2.50.